The highest BCUT2D eigenvalue weighted by Crippen LogP contribution is 2.42. The first kappa shape index (κ1) is 20.4. The standard InChI is InChI=1S/C21H31N3O2S/c1-13-11-15(14(2)23-27(26)20(3,4)5)17-16(12-13)18(25)24(7)19(22-17)21(6)9-8-10-21/h11-12,14,23H,8-10H2,1-7H3/t14?,27-/m1/s1. The highest BCUT2D eigenvalue weighted by molar-refractivity contribution is 7.90. The van der Waals surface area contributed by atoms with Crippen molar-refractivity contribution in [3.05, 3.63) is 39.4 Å². The molecule has 0 spiro atoms. The van der Waals surface area contributed by atoms with Crippen LogP contribution < -0.4 is 10.3 Å². The van der Waals surface area contributed by atoms with E-state index in [9.17, 15) is 9.35 Å². The van der Waals surface area contributed by atoms with Gasteiger partial charge in [-0.2, -0.15) is 0 Å². The van der Waals surface area contributed by atoms with Crippen LogP contribution in [0, 0.1) is 6.92 Å². The molecule has 1 saturated carbocycles. The van der Waals surface area contributed by atoms with Gasteiger partial charge in [-0.25, -0.2) is 4.98 Å². The Labute approximate surface area is 164 Å². The van der Waals surface area contributed by atoms with Crippen LogP contribution >= 0.6 is 0 Å². The van der Waals surface area contributed by atoms with Crippen molar-refractivity contribution in [2.75, 3.05) is 0 Å². The molecule has 1 N–H and O–H groups in total. The Balaban J connectivity index is 2.16. The van der Waals surface area contributed by atoms with Crippen LogP contribution in [0.3, 0.4) is 0 Å². The van der Waals surface area contributed by atoms with Crippen molar-refractivity contribution in [1.82, 2.24) is 14.3 Å². The molecule has 1 unspecified atom stereocenters. The summed E-state index contributed by atoms with van der Waals surface area (Å²) in [7, 11) is 1.83. The van der Waals surface area contributed by atoms with Gasteiger partial charge in [-0.1, -0.05) is 19.4 Å². The Hall–Kier alpha value is -1.37. The van der Waals surface area contributed by atoms with Crippen molar-refractivity contribution in [2.24, 2.45) is 7.05 Å². The van der Waals surface area contributed by atoms with Crippen LogP contribution in [0.2, 0.25) is 0 Å². The SMILES string of the molecule is Cc1cc(C(C)N[S@+]([O-])C(C)(C)C)c2nc(C3(C)CCC3)n(C)c(=O)c2c1. The highest BCUT2D eigenvalue weighted by atomic mass is 32.2. The van der Waals surface area contributed by atoms with Gasteiger partial charge in [0, 0.05) is 29.4 Å². The predicted octanol–water partition coefficient (Wildman–Crippen LogP) is 3.80. The first-order valence-electron chi connectivity index (χ1n) is 9.64. The molecule has 6 heteroatoms. The molecule has 2 atom stereocenters. The molecule has 0 saturated heterocycles. The van der Waals surface area contributed by atoms with E-state index in [1.165, 1.54) is 6.42 Å². The molecule has 0 bridgehead atoms. The smallest absolute Gasteiger partial charge is 0.261 e. The van der Waals surface area contributed by atoms with Crippen molar-refractivity contribution < 1.29 is 4.55 Å². The number of rotatable bonds is 4. The molecule has 27 heavy (non-hydrogen) atoms. The van der Waals surface area contributed by atoms with E-state index in [2.05, 4.69) is 17.7 Å². The number of nitrogens with one attached hydrogen (secondary N) is 1. The van der Waals surface area contributed by atoms with Gasteiger partial charge in [0.15, 0.2) is 0 Å². The zero-order chi connectivity index (χ0) is 20.1. The Kier molecular flexibility index (Phi) is 5.21. The topological polar surface area (TPSA) is 70.0 Å². The molecule has 1 fully saturated rings. The third-order valence-corrected chi connectivity index (χ3v) is 7.34. The van der Waals surface area contributed by atoms with Gasteiger partial charge in [0.05, 0.1) is 16.9 Å². The number of aryl methyl sites for hydroxylation is 1. The van der Waals surface area contributed by atoms with Gasteiger partial charge in [0.25, 0.3) is 5.56 Å². The zero-order valence-corrected chi connectivity index (χ0v) is 18.3. The van der Waals surface area contributed by atoms with Crippen molar-refractivity contribution >= 4 is 22.3 Å². The highest BCUT2D eigenvalue weighted by Gasteiger charge is 2.38. The van der Waals surface area contributed by atoms with Gasteiger partial charge in [0.2, 0.25) is 0 Å². The monoisotopic (exact) mass is 389 g/mol. The maximum Gasteiger partial charge on any atom is 0.261 e. The van der Waals surface area contributed by atoms with E-state index in [4.69, 9.17) is 4.98 Å². The molecule has 1 aliphatic carbocycles. The fourth-order valence-corrected chi connectivity index (χ4v) is 4.56. The molecular weight excluding hydrogens is 358 g/mol. The van der Waals surface area contributed by atoms with E-state index in [0.29, 0.717) is 5.39 Å². The number of benzene rings is 1. The van der Waals surface area contributed by atoms with Crippen molar-refractivity contribution in [3.8, 4) is 0 Å². The minimum Gasteiger partial charge on any atom is -0.598 e. The van der Waals surface area contributed by atoms with E-state index in [1.807, 2.05) is 47.7 Å². The Bertz CT molecular complexity index is 926. The molecule has 3 rings (SSSR count). The lowest BCUT2D eigenvalue weighted by atomic mass is 9.69. The molecule has 0 radical (unpaired) electrons. The summed E-state index contributed by atoms with van der Waals surface area (Å²) in [5.41, 5.74) is 2.64. The fourth-order valence-electron chi connectivity index (χ4n) is 3.75. The predicted molar refractivity (Wildman–Crippen MR) is 112 cm³/mol. The van der Waals surface area contributed by atoms with Crippen molar-refractivity contribution in [2.45, 2.75) is 77.0 Å². The van der Waals surface area contributed by atoms with Gasteiger partial charge in [-0.15, -0.1) is 4.72 Å². The summed E-state index contributed by atoms with van der Waals surface area (Å²) in [4.78, 5) is 18.1. The molecule has 1 aromatic carbocycles. The lowest BCUT2D eigenvalue weighted by Crippen LogP contribution is -2.41. The summed E-state index contributed by atoms with van der Waals surface area (Å²) in [6.45, 7) is 12.0. The average Bonchev–Trinajstić information content (AvgIpc) is 2.54. The van der Waals surface area contributed by atoms with Gasteiger partial charge >= 0.3 is 0 Å². The maximum absolute atomic E-state index is 13.1. The number of fused-ring (bicyclic) bond motifs is 1. The lowest BCUT2D eigenvalue weighted by Gasteiger charge is -2.38. The molecular formula is C21H31N3O2S. The minimum absolute atomic E-state index is 0.00258. The third-order valence-electron chi connectivity index (χ3n) is 5.66. The van der Waals surface area contributed by atoms with E-state index < -0.39 is 11.4 Å². The quantitative estimate of drug-likeness (QED) is 0.808. The summed E-state index contributed by atoms with van der Waals surface area (Å²) >= 11 is -1.20. The lowest BCUT2D eigenvalue weighted by molar-refractivity contribution is 0.247. The van der Waals surface area contributed by atoms with E-state index in [0.717, 1.165) is 35.3 Å². The van der Waals surface area contributed by atoms with Crippen molar-refractivity contribution in [3.63, 3.8) is 0 Å². The normalized spacial score (nSPS) is 19.0. The van der Waals surface area contributed by atoms with Crippen LogP contribution in [0.15, 0.2) is 16.9 Å². The second kappa shape index (κ2) is 6.90. The third kappa shape index (κ3) is 3.67. The van der Waals surface area contributed by atoms with Gasteiger partial charge in [0.1, 0.15) is 10.6 Å². The van der Waals surface area contributed by atoms with Crippen LogP contribution in [0.5, 0.6) is 0 Å². The van der Waals surface area contributed by atoms with E-state index in [1.54, 1.807) is 4.57 Å². The molecule has 0 aliphatic heterocycles. The van der Waals surface area contributed by atoms with E-state index >= 15 is 0 Å². The minimum atomic E-state index is -1.20. The second-order valence-corrected chi connectivity index (χ2v) is 11.2. The molecule has 5 nitrogen and oxygen atoms in total. The zero-order valence-electron chi connectivity index (χ0n) is 17.5. The number of nitrogens with zero attached hydrogens (tertiary/aromatic N) is 2. The van der Waals surface area contributed by atoms with Crippen molar-refractivity contribution in [1.29, 1.82) is 0 Å². The van der Waals surface area contributed by atoms with Crippen LogP contribution in [-0.2, 0) is 23.8 Å². The van der Waals surface area contributed by atoms with Crippen LogP contribution in [-0.4, -0.2) is 18.9 Å². The Morgan fingerprint density at radius 1 is 1.33 bits per heavy atom. The summed E-state index contributed by atoms with van der Waals surface area (Å²) in [6.07, 6.45) is 3.29. The fraction of sp³-hybridized carbons (Fsp3) is 0.619. The van der Waals surface area contributed by atoms with E-state index in [-0.39, 0.29) is 21.8 Å². The molecule has 148 valence electrons. The molecule has 0 amide bonds. The summed E-state index contributed by atoms with van der Waals surface area (Å²) in [6, 6.07) is 3.79. The van der Waals surface area contributed by atoms with Crippen LogP contribution in [0.1, 0.15) is 76.9 Å². The van der Waals surface area contributed by atoms with Crippen LogP contribution in [0.25, 0.3) is 10.9 Å². The Morgan fingerprint density at radius 2 is 1.96 bits per heavy atom. The van der Waals surface area contributed by atoms with Gasteiger partial charge < -0.3 is 4.55 Å². The maximum atomic E-state index is 13.1. The summed E-state index contributed by atoms with van der Waals surface area (Å²) in [5.74, 6) is 0.862. The first-order valence-corrected chi connectivity index (χ1v) is 10.8. The molecule has 2 aromatic rings. The molecule has 1 aliphatic rings. The van der Waals surface area contributed by atoms with Gasteiger partial charge in [-0.05, 0) is 59.1 Å². The molecule has 1 aromatic heterocycles. The second-order valence-electron chi connectivity index (χ2n) is 9.18. The number of aromatic nitrogens is 2. The first-order chi connectivity index (χ1) is 12.4. The summed E-state index contributed by atoms with van der Waals surface area (Å²) < 4.78 is 17.1. The number of hydrogen-bond acceptors (Lipinski definition) is 4. The largest absolute Gasteiger partial charge is 0.598 e. The molecule has 1 heterocycles. The number of hydrogen-bond donors (Lipinski definition) is 1. The van der Waals surface area contributed by atoms with Gasteiger partial charge in [-0.3, -0.25) is 9.36 Å². The summed E-state index contributed by atoms with van der Waals surface area (Å²) in [5, 5.41) is 0.634. The Morgan fingerprint density at radius 3 is 2.48 bits per heavy atom. The van der Waals surface area contributed by atoms with Crippen LogP contribution in [0.4, 0.5) is 0 Å². The average molecular weight is 390 g/mol.